The molecule has 1 aliphatic heterocycles. The third-order valence-corrected chi connectivity index (χ3v) is 6.27. The van der Waals surface area contributed by atoms with Crippen LogP contribution in [0.25, 0.3) is 0 Å². The molecule has 0 aromatic heterocycles. The van der Waals surface area contributed by atoms with Crippen molar-refractivity contribution in [1.82, 2.24) is 0 Å². The highest BCUT2D eigenvalue weighted by atomic mass is 16.6. The van der Waals surface area contributed by atoms with Gasteiger partial charge in [-0.25, -0.2) is 0 Å². The van der Waals surface area contributed by atoms with E-state index in [2.05, 4.69) is 35.7 Å². The van der Waals surface area contributed by atoms with Crippen LogP contribution in [0.1, 0.15) is 40.6 Å². The van der Waals surface area contributed by atoms with Crippen LogP contribution < -0.4 is 10.1 Å². The maximum Gasteiger partial charge on any atom is 0.271 e. The van der Waals surface area contributed by atoms with Gasteiger partial charge in [0.25, 0.3) is 5.69 Å². The van der Waals surface area contributed by atoms with Crippen molar-refractivity contribution in [3.63, 3.8) is 0 Å². The Morgan fingerprint density at radius 2 is 1.91 bits per heavy atom. The lowest BCUT2D eigenvalue weighted by atomic mass is 9.76. The van der Waals surface area contributed by atoms with Crippen LogP contribution >= 0.6 is 0 Å². The molecule has 6 heteroatoms. The lowest BCUT2D eigenvalue weighted by molar-refractivity contribution is -0.384. The Morgan fingerprint density at radius 3 is 2.62 bits per heavy atom. The molecule has 32 heavy (non-hydrogen) atoms. The summed E-state index contributed by atoms with van der Waals surface area (Å²) in [5, 5.41) is 24.5. The van der Waals surface area contributed by atoms with Crippen LogP contribution in [0.4, 0.5) is 11.4 Å². The maximum absolute atomic E-state index is 11.4. The Hall–Kier alpha value is -4.11. The molecular weight excluding hydrogens is 402 g/mol. The van der Waals surface area contributed by atoms with Gasteiger partial charge in [-0.3, -0.25) is 10.1 Å². The van der Waals surface area contributed by atoms with Crippen molar-refractivity contribution < 1.29 is 9.66 Å². The Kier molecular flexibility index (Phi) is 5.08. The van der Waals surface area contributed by atoms with Gasteiger partial charge in [-0.2, -0.15) is 5.26 Å². The number of allylic oxidation sites excluding steroid dienone is 2. The lowest BCUT2D eigenvalue weighted by Crippen LogP contribution is -2.29. The minimum Gasteiger partial charge on any atom is -0.489 e. The highest BCUT2D eigenvalue weighted by molar-refractivity contribution is 5.71. The number of nitrogens with zero attached hydrogens (tertiary/aromatic N) is 2. The normalized spacial score (nSPS) is 20.5. The predicted octanol–water partition coefficient (Wildman–Crippen LogP) is 5.87. The summed E-state index contributed by atoms with van der Waals surface area (Å²) in [4.78, 5) is 10.9. The van der Waals surface area contributed by atoms with Crippen molar-refractivity contribution in [1.29, 1.82) is 5.26 Å². The Morgan fingerprint density at radius 1 is 1.12 bits per heavy atom. The molecule has 1 heterocycles. The highest BCUT2D eigenvalue weighted by Crippen LogP contribution is 2.51. The third kappa shape index (κ3) is 3.58. The van der Waals surface area contributed by atoms with Gasteiger partial charge in [0.05, 0.1) is 22.2 Å². The molecule has 6 nitrogen and oxygen atoms in total. The van der Waals surface area contributed by atoms with Gasteiger partial charge >= 0.3 is 0 Å². The summed E-state index contributed by atoms with van der Waals surface area (Å²) in [6.07, 6.45) is 5.11. The summed E-state index contributed by atoms with van der Waals surface area (Å²) in [5.74, 6) is 1.06. The number of nitriles is 1. The van der Waals surface area contributed by atoms with E-state index in [0.29, 0.717) is 17.9 Å². The molecule has 0 spiro atoms. The first-order chi connectivity index (χ1) is 15.6. The summed E-state index contributed by atoms with van der Waals surface area (Å²) in [6.45, 7) is 0.508. The number of nitrogens with one attached hydrogen (secondary N) is 1. The van der Waals surface area contributed by atoms with E-state index in [9.17, 15) is 15.4 Å². The minimum atomic E-state index is -0.435. The fourth-order valence-corrected chi connectivity index (χ4v) is 4.72. The second kappa shape index (κ2) is 8.20. The predicted molar refractivity (Wildman–Crippen MR) is 121 cm³/mol. The molecule has 0 saturated heterocycles. The van der Waals surface area contributed by atoms with E-state index in [1.54, 1.807) is 6.07 Å². The molecule has 0 bridgehead atoms. The molecule has 3 aromatic rings. The molecule has 1 N–H and O–H groups in total. The van der Waals surface area contributed by atoms with Gasteiger partial charge in [0.2, 0.25) is 0 Å². The number of non-ortho nitro benzene ring substituents is 1. The number of hydrogen-bond acceptors (Lipinski definition) is 5. The minimum absolute atomic E-state index is 0.000713. The molecule has 0 amide bonds. The average molecular weight is 423 g/mol. The van der Waals surface area contributed by atoms with E-state index in [4.69, 9.17) is 4.74 Å². The topological polar surface area (TPSA) is 88.2 Å². The lowest BCUT2D eigenvalue weighted by Gasteiger charge is -2.37. The molecule has 0 unspecified atom stereocenters. The largest absolute Gasteiger partial charge is 0.489 e. The van der Waals surface area contributed by atoms with Crippen molar-refractivity contribution in [3.8, 4) is 11.8 Å². The Labute approximate surface area is 185 Å². The van der Waals surface area contributed by atoms with Gasteiger partial charge < -0.3 is 10.1 Å². The number of hydrogen-bond donors (Lipinski definition) is 1. The monoisotopic (exact) mass is 423 g/mol. The standard InChI is InChI=1S/C26H21N3O3/c27-15-19-13-20(29(30)31)14-24-22-7-4-8-23(22)25(28-26(19)24)18-9-11-21(12-10-18)32-16-17-5-2-1-3-6-17/h1-7,9-14,22-23,25,28H,8,16H2/t22-,23+,25+/m1/s1. The fourth-order valence-electron chi connectivity index (χ4n) is 4.72. The number of ether oxygens (including phenoxy) is 1. The van der Waals surface area contributed by atoms with Crippen molar-refractivity contribution in [2.75, 3.05) is 5.32 Å². The summed E-state index contributed by atoms with van der Waals surface area (Å²) in [5.41, 5.74) is 4.00. The first-order valence-corrected chi connectivity index (χ1v) is 10.6. The van der Waals surface area contributed by atoms with Gasteiger partial charge in [0.1, 0.15) is 18.4 Å². The number of anilines is 1. The van der Waals surface area contributed by atoms with E-state index in [-0.39, 0.29) is 23.6 Å². The molecule has 3 aromatic carbocycles. The van der Waals surface area contributed by atoms with Crippen LogP contribution in [0.2, 0.25) is 0 Å². The van der Waals surface area contributed by atoms with Crippen LogP contribution in [0.3, 0.4) is 0 Å². The van der Waals surface area contributed by atoms with Crippen LogP contribution in [-0.2, 0) is 6.61 Å². The molecule has 158 valence electrons. The first-order valence-electron chi connectivity index (χ1n) is 10.6. The van der Waals surface area contributed by atoms with Gasteiger partial charge in [-0.15, -0.1) is 0 Å². The smallest absolute Gasteiger partial charge is 0.271 e. The summed E-state index contributed by atoms with van der Waals surface area (Å²) >= 11 is 0. The Bertz CT molecular complexity index is 1230. The van der Waals surface area contributed by atoms with Crippen LogP contribution in [0.5, 0.6) is 5.75 Å². The van der Waals surface area contributed by atoms with Gasteiger partial charge in [0, 0.05) is 18.1 Å². The highest BCUT2D eigenvalue weighted by Gasteiger charge is 2.39. The fraction of sp³-hybridized carbons (Fsp3) is 0.192. The zero-order valence-electron chi connectivity index (χ0n) is 17.3. The quantitative estimate of drug-likeness (QED) is 0.315. The average Bonchev–Trinajstić information content (AvgIpc) is 3.33. The number of nitro benzene ring substituents is 1. The second-order valence-electron chi connectivity index (χ2n) is 8.15. The van der Waals surface area contributed by atoms with Gasteiger partial charge in [-0.05, 0) is 41.2 Å². The number of nitro groups is 1. The van der Waals surface area contributed by atoms with Crippen molar-refractivity contribution >= 4 is 11.4 Å². The van der Waals surface area contributed by atoms with E-state index < -0.39 is 4.92 Å². The molecule has 0 radical (unpaired) electrons. The SMILES string of the molecule is N#Cc1cc([N+](=O)[O-])cc2c1N[C@@H](c1ccc(OCc3ccccc3)cc1)[C@H]1CC=C[C@@H]21. The number of fused-ring (bicyclic) bond motifs is 3. The first kappa shape index (κ1) is 19.8. The van der Waals surface area contributed by atoms with E-state index >= 15 is 0 Å². The summed E-state index contributed by atoms with van der Waals surface area (Å²) in [7, 11) is 0. The van der Waals surface area contributed by atoms with Crippen LogP contribution in [-0.4, -0.2) is 4.92 Å². The maximum atomic E-state index is 11.4. The van der Waals surface area contributed by atoms with E-state index in [1.165, 1.54) is 6.07 Å². The third-order valence-electron chi connectivity index (χ3n) is 6.27. The zero-order valence-corrected chi connectivity index (χ0v) is 17.3. The van der Waals surface area contributed by atoms with Crippen LogP contribution in [0.15, 0.2) is 78.9 Å². The van der Waals surface area contributed by atoms with Crippen LogP contribution in [0, 0.1) is 27.4 Å². The Balaban J connectivity index is 1.42. The van der Waals surface area contributed by atoms with Gasteiger partial charge in [0.15, 0.2) is 0 Å². The number of rotatable bonds is 5. The number of benzene rings is 3. The van der Waals surface area contributed by atoms with Crippen molar-refractivity contribution in [3.05, 3.63) is 111 Å². The van der Waals surface area contributed by atoms with Crippen molar-refractivity contribution in [2.45, 2.75) is 25.0 Å². The molecule has 0 saturated carbocycles. The molecule has 5 rings (SSSR count). The molecule has 0 fully saturated rings. The molecule has 2 aliphatic rings. The summed E-state index contributed by atoms with van der Waals surface area (Å²) in [6, 6.07) is 23.1. The van der Waals surface area contributed by atoms with Gasteiger partial charge in [-0.1, -0.05) is 54.6 Å². The summed E-state index contributed by atoms with van der Waals surface area (Å²) < 4.78 is 5.91. The molecule has 3 atom stereocenters. The zero-order chi connectivity index (χ0) is 22.1. The van der Waals surface area contributed by atoms with E-state index in [0.717, 1.165) is 28.9 Å². The van der Waals surface area contributed by atoms with E-state index in [1.807, 2.05) is 42.5 Å². The molecule has 1 aliphatic carbocycles. The van der Waals surface area contributed by atoms with Crippen molar-refractivity contribution in [2.24, 2.45) is 5.92 Å². The molecular formula is C26H21N3O3. The second-order valence-corrected chi connectivity index (χ2v) is 8.15.